The molecule has 0 aliphatic carbocycles. The van der Waals surface area contributed by atoms with Crippen LogP contribution in [-0.2, 0) is 6.61 Å². The molecule has 78 valence electrons. The van der Waals surface area contributed by atoms with Gasteiger partial charge in [-0.3, -0.25) is 0 Å². The minimum absolute atomic E-state index is 0.0557. The number of benzene rings is 1. The van der Waals surface area contributed by atoms with Crippen molar-refractivity contribution in [2.45, 2.75) is 6.61 Å². The lowest BCUT2D eigenvalue weighted by molar-refractivity contribution is 0.262. The summed E-state index contributed by atoms with van der Waals surface area (Å²) < 4.78 is 23.0. The van der Waals surface area contributed by atoms with E-state index in [1.54, 1.807) is 6.07 Å². The number of halogens is 2. The Bertz CT molecular complexity index is 447. The van der Waals surface area contributed by atoms with Gasteiger partial charge in [-0.15, -0.1) is 10.2 Å². The van der Waals surface area contributed by atoms with E-state index in [-0.39, 0.29) is 11.6 Å². The Morgan fingerprint density at radius 1 is 1.47 bits per heavy atom. The van der Waals surface area contributed by atoms with Gasteiger partial charge in [-0.05, 0) is 12.1 Å². The highest BCUT2D eigenvalue weighted by atomic mass is 35.5. The minimum Gasteiger partial charge on any atom is -0.484 e. The Morgan fingerprint density at radius 3 is 3.00 bits per heavy atom. The van der Waals surface area contributed by atoms with Crippen molar-refractivity contribution in [2.75, 3.05) is 0 Å². The fourth-order valence-electron chi connectivity index (χ4n) is 0.971. The van der Waals surface area contributed by atoms with Crippen molar-refractivity contribution in [3.63, 3.8) is 0 Å². The monoisotopic (exact) mass is 228 g/mol. The first-order valence-corrected chi connectivity index (χ1v) is 4.46. The summed E-state index contributed by atoms with van der Waals surface area (Å²) in [6.07, 6.45) is 1.20. The fourth-order valence-corrected chi connectivity index (χ4v) is 1.09. The molecular formula is C9H6ClFN2O2. The maximum absolute atomic E-state index is 13.0. The predicted octanol–water partition coefficient (Wildman–Crippen LogP) is 2.44. The summed E-state index contributed by atoms with van der Waals surface area (Å²) in [5.74, 6) is 0.153. The third-order valence-electron chi connectivity index (χ3n) is 1.66. The molecule has 4 nitrogen and oxygen atoms in total. The molecule has 0 spiro atoms. The van der Waals surface area contributed by atoms with Crippen LogP contribution in [0.5, 0.6) is 5.75 Å². The van der Waals surface area contributed by atoms with E-state index in [4.69, 9.17) is 20.8 Å². The summed E-state index contributed by atoms with van der Waals surface area (Å²) in [4.78, 5) is 0. The lowest BCUT2D eigenvalue weighted by atomic mass is 10.3. The molecule has 0 saturated heterocycles. The van der Waals surface area contributed by atoms with Crippen LogP contribution in [0.2, 0.25) is 5.02 Å². The Kier molecular flexibility index (Phi) is 2.82. The number of nitrogens with zero attached hydrogens (tertiary/aromatic N) is 2. The van der Waals surface area contributed by atoms with Crippen molar-refractivity contribution < 1.29 is 13.5 Å². The van der Waals surface area contributed by atoms with E-state index in [0.29, 0.717) is 11.6 Å². The van der Waals surface area contributed by atoms with Crippen LogP contribution in [0.3, 0.4) is 0 Å². The van der Waals surface area contributed by atoms with E-state index in [1.165, 1.54) is 18.5 Å². The van der Waals surface area contributed by atoms with Crippen LogP contribution >= 0.6 is 11.6 Å². The smallest absolute Gasteiger partial charge is 0.253 e. The van der Waals surface area contributed by atoms with Gasteiger partial charge in [0.1, 0.15) is 11.6 Å². The van der Waals surface area contributed by atoms with Crippen LogP contribution in [0.25, 0.3) is 0 Å². The Labute approximate surface area is 89.6 Å². The standard InChI is InChI=1S/C9H6ClFN2O2/c10-7-2-1-6(3-8(7)11)14-4-9-13-12-5-15-9/h1-3,5H,4H2. The molecule has 0 unspecified atom stereocenters. The molecular weight excluding hydrogens is 223 g/mol. The molecule has 0 saturated carbocycles. The average Bonchev–Trinajstić information content (AvgIpc) is 2.73. The van der Waals surface area contributed by atoms with Crippen molar-refractivity contribution in [1.82, 2.24) is 10.2 Å². The zero-order chi connectivity index (χ0) is 10.7. The van der Waals surface area contributed by atoms with E-state index in [0.717, 1.165) is 0 Å². The summed E-state index contributed by atoms with van der Waals surface area (Å²) in [6, 6.07) is 4.17. The van der Waals surface area contributed by atoms with E-state index in [9.17, 15) is 4.39 Å². The van der Waals surface area contributed by atoms with Gasteiger partial charge in [0.25, 0.3) is 5.89 Å². The highest BCUT2D eigenvalue weighted by Gasteiger charge is 2.03. The number of aromatic nitrogens is 2. The molecule has 0 bridgehead atoms. The third-order valence-corrected chi connectivity index (χ3v) is 1.97. The Balaban J connectivity index is 2.02. The second kappa shape index (κ2) is 4.27. The molecule has 0 amide bonds. The average molecular weight is 229 g/mol. The number of hydrogen-bond donors (Lipinski definition) is 0. The zero-order valence-corrected chi connectivity index (χ0v) is 8.24. The van der Waals surface area contributed by atoms with Crippen LogP contribution in [0, 0.1) is 5.82 Å². The van der Waals surface area contributed by atoms with Crippen LogP contribution in [0.1, 0.15) is 5.89 Å². The molecule has 15 heavy (non-hydrogen) atoms. The lowest BCUT2D eigenvalue weighted by Crippen LogP contribution is -1.96. The quantitative estimate of drug-likeness (QED) is 0.810. The number of hydrogen-bond acceptors (Lipinski definition) is 4. The highest BCUT2D eigenvalue weighted by molar-refractivity contribution is 6.30. The first-order chi connectivity index (χ1) is 7.25. The molecule has 0 radical (unpaired) electrons. The molecule has 2 rings (SSSR count). The van der Waals surface area contributed by atoms with E-state index >= 15 is 0 Å². The first-order valence-electron chi connectivity index (χ1n) is 4.08. The summed E-state index contributed by atoms with van der Waals surface area (Å²) >= 11 is 5.51. The molecule has 1 heterocycles. The van der Waals surface area contributed by atoms with E-state index < -0.39 is 5.82 Å². The van der Waals surface area contributed by atoms with Gasteiger partial charge in [0.05, 0.1) is 5.02 Å². The molecule has 0 fully saturated rings. The SMILES string of the molecule is Fc1cc(OCc2nnco2)ccc1Cl. The molecule has 0 aliphatic rings. The van der Waals surface area contributed by atoms with Gasteiger partial charge >= 0.3 is 0 Å². The topological polar surface area (TPSA) is 48.2 Å². The van der Waals surface area contributed by atoms with Gasteiger partial charge in [-0.1, -0.05) is 11.6 Å². The second-order valence-corrected chi connectivity index (χ2v) is 3.10. The molecule has 6 heteroatoms. The molecule has 1 aromatic heterocycles. The van der Waals surface area contributed by atoms with Gasteiger partial charge in [0.2, 0.25) is 6.39 Å². The van der Waals surface area contributed by atoms with Gasteiger partial charge < -0.3 is 9.15 Å². The maximum atomic E-state index is 13.0. The Morgan fingerprint density at radius 2 is 2.33 bits per heavy atom. The normalized spacial score (nSPS) is 10.3. The van der Waals surface area contributed by atoms with Gasteiger partial charge in [-0.25, -0.2) is 4.39 Å². The van der Waals surface area contributed by atoms with Crippen LogP contribution in [-0.4, -0.2) is 10.2 Å². The van der Waals surface area contributed by atoms with Crippen molar-refractivity contribution in [2.24, 2.45) is 0 Å². The molecule has 0 atom stereocenters. The van der Waals surface area contributed by atoms with Gasteiger partial charge in [0.15, 0.2) is 6.61 Å². The van der Waals surface area contributed by atoms with Crippen LogP contribution in [0.15, 0.2) is 29.0 Å². The predicted molar refractivity (Wildman–Crippen MR) is 50.0 cm³/mol. The second-order valence-electron chi connectivity index (χ2n) is 2.70. The molecule has 2 aromatic rings. The van der Waals surface area contributed by atoms with Gasteiger partial charge in [-0.2, -0.15) is 0 Å². The number of rotatable bonds is 3. The zero-order valence-electron chi connectivity index (χ0n) is 7.48. The Hall–Kier alpha value is -1.62. The summed E-state index contributed by atoms with van der Waals surface area (Å²) in [5.41, 5.74) is 0. The third kappa shape index (κ3) is 2.44. The molecule has 0 N–H and O–H groups in total. The fraction of sp³-hybridized carbons (Fsp3) is 0.111. The summed E-state index contributed by atoms with van der Waals surface area (Å²) in [7, 11) is 0. The van der Waals surface area contributed by atoms with E-state index in [1.807, 2.05) is 0 Å². The first kappa shape index (κ1) is 9.92. The van der Waals surface area contributed by atoms with Gasteiger partial charge in [0, 0.05) is 6.07 Å². The largest absolute Gasteiger partial charge is 0.484 e. The van der Waals surface area contributed by atoms with Crippen molar-refractivity contribution in [1.29, 1.82) is 0 Å². The van der Waals surface area contributed by atoms with E-state index in [2.05, 4.69) is 10.2 Å². The van der Waals surface area contributed by atoms with Crippen molar-refractivity contribution >= 4 is 11.6 Å². The number of ether oxygens (including phenoxy) is 1. The highest BCUT2D eigenvalue weighted by Crippen LogP contribution is 2.20. The van der Waals surface area contributed by atoms with Crippen molar-refractivity contribution in [3.8, 4) is 5.75 Å². The summed E-state index contributed by atoms with van der Waals surface area (Å²) in [5, 5.41) is 7.14. The van der Waals surface area contributed by atoms with Crippen LogP contribution in [0.4, 0.5) is 4.39 Å². The van der Waals surface area contributed by atoms with Crippen molar-refractivity contribution in [3.05, 3.63) is 41.3 Å². The maximum Gasteiger partial charge on any atom is 0.253 e. The molecule has 1 aromatic carbocycles. The molecule has 0 aliphatic heterocycles. The van der Waals surface area contributed by atoms with Crippen LogP contribution < -0.4 is 4.74 Å². The lowest BCUT2D eigenvalue weighted by Gasteiger charge is -2.03. The summed E-state index contributed by atoms with van der Waals surface area (Å²) in [6.45, 7) is 0.0983. The minimum atomic E-state index is -0.528.